The highest BCUT2D eigenvalue weighted by Gasteiger charge is 2.22. The standard InChI is InChI=1S/C25H34N2O5.2ClH/c1-29-22-16-20(17-23(30-2)25(22)32-4)21(28)10-11-26-12-14-27(15-13-26)18-24(31-3)19-8-6-5-7-9-19;;/h5-9,16-17,24H,10-15,18H2,1-4H3;2*1H. The molecule has 0 radical (unpaired) electrons. The van der Waals surface area contributed by atoms with E-state index in [1.54, 1.807) is 40.6 Å². The normalized spacial score (nSPS) is 14.9. The number of Topliss-reactive ketones (excluding diaryl/α,β-unsaturated/α-hetero) is 1. The molecule has 1 fully saturated rings. The second kappa shape index (κ2) is 15.1. The SMILES string of the molecule is COc1cc(C(=O)CCN2CCN(CC(OC)c3ccccc3)CC2)cc(OC)c1OC.Cl.Cl. The van der Waals surface area contributed by atoms with Crippen LogP contribution in [0.2, 0.25) is 0 Å². The van der Waals surface area contributed by atoms with Crippen molar-refractivity contribution in [1.82, 2.24) is 9.80 Å². The lowest BCUT2D eigenvalue weighted by Gasteiger charge is -2.36. The first-order valence-corrected chi connectivity index (χ1v) is 10.9. The zero-order valence-corrected chi connectivity index (χ0v) is 22.0. The number of rotatable bonds is 11. The Hall–Kier alpha value is -2.03. The molecular weight excluding hydrogens is 479 g/mol. The van der Waals surface area contributed by atoms with Crippen LogP contribution >= 0.6 is 24.8 Å². The van der Waals surface area contributed by atoms with Gasteiger partial charge in [0.05, 0.1) is 27.4 Å². The van der Waals surface area contributed by atoms with E-state index in [2.05, 4.69) is 21.9 Å². The second-order valence-electron chi connectivity index (χ2n) is 7.86. The molecule has 0 saturated carbocycles. The predicted molar refractivity (Wildman–Crippen MR) is 139 cm³/mol. The van der Waals surface area contributed by atoms with Crippen molar-refractivity contribution in [2.45, 2.75) is 12.5 Å². The van der Waals surface area contributed by atoms with Gasteiger partial charge in [0.25, 0.3) is 0 Å². The molecule has 1 atom stereocenters. The summed E-state index contributed by atoms with van der Waals surface area (Å²) >= 11 is 0. The lowest BCUT2D eigenvalue weighted by Crippen LogP contribution is -2.48. The largest absolute Gasteiger partial charge is 0.493 e. The maximum absolute atomic E-state index is 12.8. The topological polar surface area (TPSA) is 60.5 Å². The number of benzene rings is 2. The molecule has 34 heavy (non-hydrogen) atoms. The number of ether oxygens (including phenoxy) is 4. The third kappa shape index (κ3) is 7.75. The van der Waals surface area contributed by atoms with Gasteiger partial charge in [-0.1, -0.05) is 30.3 Å². The Morgan fingerprint density at radius 3 is 1.91 bits per heavy atom. The maximum atomic E-state index is 12.8. The monoisotopic (exact) mass is 514 g/mol. The number of nitrogens with zero attached hydrogens (tertiary/aromatic N) is 2. The van der Waals surface area contributed by atoms with Crippen LogP contribution in [0.1, 0.15) is 28.4 Å². The molecule has 0 N–H and O–H groups in total. The van der Waals surface area contributed by atoms with Crippen molar-refractivity contribution in [3.8, 4) is 17.2 Å². The average Bonchev–Trinajstić information content (AvgIpc) is 2.85. The first-order valence-electron chi connectivity index (χ1n) is 10.9. The van der Waals surface area contributed by atoms with Crippen LogP contribution in [0.5, 0.6) is 17.2 Å². The van der Waals surface area contributed by atoms with Crippen LogP contribution in [0, 0.1) is 0 Å². The molecule has 2 aromatic carbocycles. The Labute approximate surface area is 215 Å². The molecule has 0 aromatic heterocycles. The van der Waals surface area contributed by atoms with Gasteiger partial charge in [-0.3, -0.25) is 9.69 Å². The van der Waals surface area contributed by atoms with Crippen molar-refractivity contribution in [2.24, 2.45) is 0 Å². The van der Waals surface area contributed by atoms with Crippen molar-refractivity contribution in [3.63, 3.8) is 0 Å². The lowest BCUT2D eigenvalue weighted by atomic mass is 10.1. The van der Waals surface area contributed by atoms with E-state index in [9.17, 15) is 4.79 Å². The number of ketones is 1. The molecule has 0 amide bonds. The molecule has 0 aliphatic carbocycles. The van der Waals surface area contributed by atoms with Crippen LogP contribution < -0.4 is 14.2 Å². The molecule has 3 rings (SSSR count). The van der Waals surface area contributed by atoms with E-state index in [0.29, 0.717) is 29.2 Å². The zero-order chi connectivity index (χ0) is 22.9. The fourth-order valence-electron chi connectivity index (χ4n) is 4.06. The Morgan fingerprint density at radius 2 is 1.41 bits per heavy atom. The van der Waals surface area contributed by atoms with Crippen LogP contribution in [0.3, 0.4) is 0 Å². The van der Waals surface area contributed by atoms with Crippen molar-refractivity contribution in [1.29, 1.82) is 0 Å². The third-order valence-electron chi connectivity index (χ3n) is 5.99. The number of methoxy groups -OCH3 is 4. The summed E-state index contributed by atoms with van der Waals surface area (Å²) in [5.41, 5.74) is 1.78. The lowest BCUT2D eigenvalue weighted by molar-refractivity contribution is 0.0416. The van der Waals surface area contributed by atoms with Gasteiger partial charge in [-0.05, 0) is 17.7 Å². The minimum atomic E-state index is 0. The van der Waals surface area contributed by atoms with Gasteiger partial charge in [0.15, 0.2) is 17.3 Å². The van der Waals surface area contributed by atoms with Gasteiger partial charge < -0.3 is 23.8 Å². The molecule has 1 aliphatic rings. The van der Waals surface area contributed by atoms with E-state index in [1.165, 1.54) is 5.56 Å². The second-order valence-corrected chi connectivity index (χ2v) is 7.86. The molecule has 9 heteroatoms. The van der Waals surface area contributed by atoms with Gasteiger partial charge in [0, 0.05) is 58.4 Å². The minimum absolute atomic E-state index is 0. The van der Waals surface area contributed by atoms with Gasteiger partial charge in [-0.15, -0.1) is 24.8 Å². The minimum Gasteiger partial charge on any atom is -0.493 e. The highest BCUT2D eigenvalue weighted by Crippen LogP contribution is 2.38. The number of carbonyl (C=O) groups is 1. The Balaban J connectivity index is 0.00000289. The third-order valence-corrected chi connectivity index (χ3v) is 5.99. The molecule has 190 valence electrons. The highest BCUT2D eigenvalue weighted by molar-refractivity contribution is 5.97. The Morgan fingerprint density at radius 1 is 0.853 bits per heavy atom. The average molecular weight is 515 g/mol. The highest BCUT2D eigenvalue weighted by atomic mass is 35.5. The Kier molecular flexibility index (Phi) is 13.3. The van der Waals surface area contributed by atoms with Crippen LogP contribution in [0.15, 0.2) is 42.5 Å². The smallest absolute Gasteiger partial charge is 0.203 e. The summed E-state index contributed by atoms with van der Waals surface area (Å²) < 4.78 is 21.8. The molecule has 1 aliphatic heterocycles. The van der Waals surface area contributed by atoms with Gasteiger partial charge in [0.1, 0.15) is 0 Å². The zero-order valence-electron chi connectivity index (χ0n) is 20.3. The van der Waals surface area contributed by atoms with E-state index in [0.717, 1.165) is 39.3 Å². The quantitative estimate of drug-likeness (QED) is 0.417. The van der Waals surface area contributed by atoms with Crippen LogP contribution in [0.4, 0.5) is 0 Å². The van der Waals surface area contributed by atoms with Crippen molar-refractivity contribution in [2.75, 3.05) is 67.7 Å². The first-order chi connectivity index (χ1) is 15.6. The molecule has 1 heterocycles. The van der Waals surface area contributed by atoms with E-state index in [4.69, 9.17) is 18.9 Å². The van der Waals surface area contributed by atoms with Gasteiger partial charge >= 0.3 is 0 Å². The maximum Gasteiger partial charge on any atom is 0.203 e. The number of piperazine rings is 1. The summed E-state index contributed by atoms with van der Waals surface area (Å²) in [6, 6.07) is 13.8. The first kappa shape index (κ1) is 30.0. The molecule has 2 aromatic rings. The molecule has 0 bridgehead atoms. The fraction of sp³-hybridized carbons (Fsp3) is 0.480. The number of hydrogen-bond donors (Lipinski definition) is 0. The molecule has 1 unspecified atom stereocenters. The van der Waals surface area contributed by atoms with E-state index in [1.807, 2.05) is 18.2 Å². The predicted octanol–water partition coefficient (Wildman–Crippen LogP) is 4.13. The number of carbonyl (C=O) groups excluding carboxylic acids is 1. The van der Waals surface area contributed by atoms with Crippen LogP contribution in [-0.4, -0.2) is 83.3 Å². The van der Waals surface area contributed by atoms with E-state index >= 15 is 0 Å². The van der Waals surface area contributed by atoms with E-state index in [-0.39, 0.29) is 36.7 Å². The van der Waals surface area contributed by atoms with Crippen molar-refractivity contribution >= 4 is 30.6 Å². The summed E-state index contributed by atoms with van der Waals surface area (Å²) in [7, 11) is 6.42. The van der Waals surface area contributed by atoms with Crippen molar-refractivity contribution in [3.05, 3.63) is 53.6 Å². The summed E-state index contributed by atoms with van der Waals surface area (Å²) in [5, 5.41) is 0. The summed E-state index contributed by atoms with van der Waals surface area (Å²) in [6.07, 6.45) is 0.521. The van der Waals surface area contributed by atoms with Gasteiger partial charge in [-0.25, -0.2) is 0 Å². The molecule has 0 spiro atoms. The summed E-state index contributed by atoms with van der Waals surface area (Å²) in [5.74, 6) is 1.55. The molecular formula is C25H36Cl2N2O5. The Bertz CT molecular complexity index is 852. The summed E-state index contributed by atoms with van der Waals surface area (Å²) in [4.78, 5) is 17.6. The van der Waals surface area contributed by atoms with Crippen LogP contribution in [-0.2, 0) is 4.74 Å². The van der Waals surface area contributed by atoms with E-state index < -0.39 is 0 Å². The summed E-state index contributed by atoms with van der Waals surface area (Å²) in [6.45, 7) is 5.41. The number of halogens is 2. The fourth-order valence-corrected chi connectivity index (χ4v) is 4.06. The molecule has 1 saturated heterocycles. The van der Waals surface area contributed by atoms with Gasteiger partial charge in [0.2, 0.25) is 5.75 Å². The van der Waals surface area contributed by atoms with Crippen LogP contribution in [0.25, 0.3) is 0 Å². The molecule has 7 nitrogen and oxygen atoms in total. The number of hydrogen-bond acceptors (Lipinski definition) is 7. The van der Waals surface area contributed by atoms with Gasteiger partial charge in [-0.2, -0.15) is 0 Å². The van der Waals surface area contributed by atoms with Crippen molar-refractivity contribution < 1.29 is 23.7 Å².